The number of benzene rings is 1. The first-order valence-corrected chi connectivity index (χ1v) is 6.04. The summed E-state index contributed by atoms with van der Waals surface area (Å²) in [4.78, 5) is 24.8. The van der Waals surface area contributed by atoms with Gasteiger partial charge in [-0.2, -0.15) is 0 Å². The summed E-state index contributed by atoms with van der Waals surface area (Å²) >= 11 is 6.08. The molecule has 0 aliphatic carbocycles. The normalized spacial score (nSPS) is 22.3. The topological polar surface area (TPSA) is 57.6 Å². The van der Waals surface area contributed by atoms with E-state index in [-0.39, 0.29) is 12.3 Å². The van der Waals surface area contributed by atoms with Crippen molar-refractivity contribution < 1.29 is 14.7 Å². The van der Waals surface area contributed by atoms with E-state index in [0.717, 1.165) is 0 Å². The Morgan fingerprint density at radius 1 is 1.44 bits per heavy atom. The van der Waals surface area contributed by atoms with E-state index in [0.29, 0.717) is 10.7 Å². The van der Waals surface area contributed by atoms with Gasteiger partial charge in [0.15, 0.2) is 0 Å². The van der Waals surface area contributed by atoms with Crippen LogP contribution in [0.2, 0.25) is 5.02 Å². The first kappa shape index (κ1) is 12.9. The van der Waals surface area contributed by atoms with Crippen LogP contribution in [0.3, 0.4) is 0 Å². The number of hydrogen-bond acceptors (Lipinski definition) is 2. The monoisotopic (exact) mass is 267 g/mol. The Balaban J connectivity index is 2.49. The van der Waals surface area contributed by atoms with Gasteiger partial charge in [0.1, 0.15) is 0 Å². The molecular formula is C13H14ClNO3. The number of nitrogens with zero attached hydrogens (tertiary/aromatic N) is 1. The van der Waals surface area contributed by atoms with Crippen molar-refractivity contribution in [1.29, 1.82) is 0 Å². The Labute approximate surface area is 110 Å². The van der Waals surface area contributed by atoms with Gasteiger partial charge < -0.3 is 10.0 Å². The van der Waals surface area contributed by atoms with Crippen molar-refractivity contribution in [2.45, 2.75) is 25.8 Å². The summed E-state index contributed by atoms with van der Waals surface area (Å²) in [6, 6.07) is 6.97. The Hall–Kier alpha value is -1.55. The van der Waals surface area contributed by atoms with Gasteiger partial charge in [0.2, 0.25) is 5.91 Å². The number of amides is 1. The van der Waals surface area contributed by atoms with Crippen LogP contribution >= 0.6 is 11.6 Å². The minimum atomic E-state index is -0.956. The molecule has 1 heterocycles. The third-order valence-electron chi connectivity index (χ3n) is 3.45. The third kappa shape index (κ3) is 1.86. The van der Waals surface area contributed by atoms with Crippen LogP contribution in [0.25, 0.3) is 0 Å². The van der Waals surface area contributed by atoms with Crippen molar-refractivity contribution in [3.8, 4) is 0 Å². The third-order valence-corrected chi connectivity index (χ3v) is 3.77. The number of carbonyl (C=O) groups is 2. The molecule has 1 N–H and O–H groups in total. The van der Waals surface area contributed by atoms with Gasteiger partial charge in [-0.15, -0.1) is 0 Å². The van der Waals surface area contributed by atoms with Crippen LogP contribution < -0.4 is 4.90 Å². The van der Waals surface area contributed by atoms with Crippen molar-refractivity contribution in [3.05, 3.63) is 29.3 Å². The number of carbonyl (C=O) groups excluding carboxylic acids is 1. The maximum absolute atomic E-state index is 12.1. The fourth-order valence-electron chi connectivity index (χ4n) is 2.46. The standard InChI is InChI=1S/C13H14ClNO3/c1-13(2)8(12(17)18)7-11(16)15(13)10-6-4-3-5-9(10)14/h3-6,8H,7H2,1-2H3,(H,17,18). The number of carboxylic acid groups (broad SMARTS) is 1. The lowest BCUT2D eigenvalue weighted by Gasteiger charge is -2.34. The van der Waals surface area contributed by atoms with Crippen molar-refractivity contribution in [2.24, 2.45) is 5.92 Å². The van der Waals surface area contributed by atoms with Gasteiger partial charge in [0.05, 0.1) is 22.2 Å². The average Bonchev–Trinajstić information content (AvgIpc) is 2.51. The van der Waals surface area contributed by atoms with E-state index in [4.69, 9.17) is 11.6 Å². The molecule has 1 aliphatic rings. The Bertz CT molecular complexity index is 513. The van der Waals surface area contributed by atoms with Crippen molar-refractivity contribution in [3.63, 3.8) is 0 Å². The molecule has 5 heteroatoms. The molecule has 1 saturated heterocycles. The number of para-hydroxylation sites is 1. The molecule has 1 aromatic rings. The predicted octanol–water partition coefficient (Wildman–Crippen LogP) is 2.56. The lowest BCUT2D eigenvalue weighted by Crippen LogP contribution is -2.46. The van der Waals surface area contributed by atoms with Gasteiger partial charge in [-0.05, 0) is 26.0 Å². The molecule has 4 nitrogen and oxygen atoms in total. The molecule has 0 radical (unpaired) electrons. The van der Waals surface area contributed by atoms with E-state index in [1.165, 1.54) is 4.90 Å². The van der Waals surface area contributed by atoms with Crippen molar-refractivity contribution in [2.75, 3.05) is 4.90 Å². The summed E-state index contributed by atoms with van der Waals surface area (Å²) in [5.74, 6) is -1.88. The molecule has 1 fully saturated rings. The minimum absolute atomic E-state index is 0.00750. The van der Waals surface area contributed by atoms with Crippen molar-refractivity contribution in [1.82, 2.24) is 0 Å². The van der Waals surface area contributed by atoms with E-state index in [9.17, 15) is 14.7 Å². The van der Waals surface area contributed by atoms with Gasteiger partial charge in [0.25, 0.3) is 0 Å². The van der Waals surface area contributed by atoms with E-state index < -0.39 is 17.4 Å². The summed E-state index contributed by atoms with van der Waals surface area (Å²) in [5.41, 5.74) is -0.216. The summed E-state index contributed by atoms with van der Waals surface area (Å²) in [7, 11) is 0. The lowest BCUT2D eigenvalue weighted by molar-refractivity contribution is -0.143. The molecule has 2 rings (SSSR count). The summed E-state index contributed by atoms with van der Waals surface area (Å²) in [6.45, 7) is 3.50. The maximum Gasteiger partial charge on any atom is 0.309 e. The second-order valence-electron chi connectivity index (χ2n) is 4.93. The molecule has 96 valence electrons. The highest BCUT2D eigenvalue weighted by Crippen LogP contribution is 2.41. The first-order chi connectivity index (χ1) is 8.35. The number of aliphatic carboxylic acids is 1. The van der Waals surface area contributed by atoms with E-state index in [1.807, 2.05) is 0 Å². The molecule has 18 heavy (non-hydrogen) atoms. The molecule has 1 unspecified atom stereocenters. The molecule has 0 spiro atoms. The molecule has 1 aliphatic heterocycles. The SMILES string of the molecule is CC1(C)C(C(=O)O)CC(=O)N1c1ccccc1Cl. The number of halogens is 1. The molecule has 1 amide bonds. The predicted molar refractivity (Wildman–Crippen MR) is 68.8 cm³/mol. The number of carboxylic acids is 1. The molecular weight excluding hydrogens is 254 g/mol. The van der Waals surface area contributed by atoms with Gasteiger partial charge in [-0.3, -0.25) is 9.59 Å². The largest absolute Gasteiger partial charge is 0.481 e. The first-order valence-electron chi connectivity index (χ1n) is 5.66. The Morgan fingerprint density at radius 3 is 2.56 bits per heavy atom. The average molecular weight is 268 g/mol. The fourth-order valence-corrected chi connectivity index (χ4v) is 2.68. The highest BCUT2D eigenvalue weighted by atomic mass is 35.5. The Morgan fingerprint density at radius 2 is 2.06 bits per heavy atom. The van der Waals surface area contributed by atoms with Gasteiger partial charge in [-0.1, -0.05) is 23.7 Å². The van der Waals surface area contributed by atoms with Crippen LogP contribution in [0.4, 0.5) is 5.69 Å². The second-order valence-corrected chi connectivity index (χ2v) is 5.34. The van der Waals surface area contributed by atoms with Crippen LogP contribution in [0.15, 0.2) is 24.3 Å². The summed E-state index contributed by atoms with van der Waals surface area (Å²) in [5, 5.41) is 9.64. The summed E-state index contributed by atoms with van der Waals surface area (Å²) in [6.07, 6.45) is 0.00750. The zero-order valence-electron chi connectivity index (χ0n) is 10.2. The van der Waals surface area contributed by atoms with Crippen LogP contribution in [0.5, 0.6) is 0 Å². The highest BCUT2D eigenvalue weighted by molar-refractivity contribution is 6.34. The molecule has 0 aromatic heterocycles. The van der Waals surface area contributed by atoms with Gasteiger partial charge in [0, 0.05) is 6.42 Å². The molecule has 1 atom stereocenters. The van der Waals surface area contributed by atoms with E-state index in [2.05, 4.69) is 0 Å². The Kier molecular flexibility index (Phi) is 3.07. The smallest absolute Gasteiger partial charge is 0.309 e. The van der Waals surface area contributed by atoms with Crippen molar-refractivity contribution >= 4 is 29.2 Å². The molecule has 0 bridgehead atoms. The zero-order chi connectivity index (χ0) is 13.5. The maximum atomic E-state index is 12.1. The number of anilines is 1. The van der Waals surface area contributed by atoms with Crippen LogP contribution in [0.1, 0.15) is 20.3 Å². The number of hydrogen-bond donors (Lipinski definition) is 1. The quantitative estimate of drug-likeness (QED) is 0.896. The molecule has 1 aromatic carbocycles. The number of rotatable bonds is 2. The van der Waals surface area contributed by atoms with E-state index >= 15 is 0 Å². The second kappa shape index (κ2) is 4.28. The van der Waals surface area contributed by atoms with E-state index in [1.54, 1.807) is 38.1 Å². The van der Waals surface area contributed by atoms with Gasteiger partial charge >= 0.3 is 5.97 Å². The fraction of sp³-hybridized carbons (Fsp3) is 0.385. The lowest BCUT2D eigenvalue weighted by atomic mass is 9.88. The highest BCUT2D eigenvalue weighted by Gasteiger charge is 2.50. The molecule has 0 saturated carbocycles. The zero-order valence-corrected chi connectivity index (χ0v) is 10.9. The van der Waals surface area contributed by atoms with Gasteiger partial charge in [-0.25, -0.2) is 0 Å². The van der Waals surface area contributed by atoms with Crippen LogP contribution in [-0.4, -0.2) is 22.5 Å². The van der Waals surface area contributed by atoms with Crippen LogP contribution in [0, 0.1) is 5.92 Å². The van der Waals surface area contributed by atoms with Crippen LogP contribution in [-0.2, 0) is 9.59 Å². The summed E-state index contributed by atoms with van der Waals surface area (Å²) < 4.78 is 0. The minimum Gasteiger partial charge on any atom is -0.481 e.